The van der Waals surface area contributed by atoms with Crippen LogP contribution in [0.4, 0.5) is 5.69 Å². The van der Waals surface area contributed by atoms with E-state index in [2.05, 4.69) is 5.32 Å². The fourth-order valence-corrected chi connectivity index (χ4v) is 3.23. The van der Waals surface area contributed by atoms with Crippen LogP contribution in [0.25, 0.3) is 0 Å². The molecule has 0 fully saturated rings. The summed E-state index contributed by atoms with van der Waals surface area (Å²) < 4.78 is 28.7. The molecule has 0 aliphatic heterocycles. The molecule has 0 aliphatic carbocycles. The van der Waals surface area contributed by atoms with E-state index < -0.39 is 10.0 Å². The Morgan fingerprint density at radius 3 is 2.44 bits per heavy atom. The lowest BCUT2D eigenvalue weighted by molar-refractivity contribution is -0.116. The van der Waals surface area contributed by atoms with Crippen LogP contribution in [0, 0.1) is 20.8 Å². The average molecular weight is 362 g/mol. The van der Waals surface area contributed by atoms with Crippen molar-refractivity contribution in [1.29, 1.82) is 0 Å². The van der Waals surface area contributed by atoms with Gasteiger partial charge in [-0.25, -0.2) is 13.6 Å². The summed E-state index contributed by atoms with van der Waals surface area (Å²) in [4.78, 5) is 12.0. The summed E-state index contributed by atoms with van der Waals surface area (Å²) in [5.74, 6) is 0.472. The van der Waals surface area contributed by atoms with Gasteiger partial charge in [0, 0.05) is 5.69 Å². The molecule has 6 nitrogen and oxygen atoms in total. The molecule has 0 heterocycles. The Bertz CT molecular complexity index is 892. The minimum absolute atomic E-state index is 0.00294. The van der Waals surface area contributed by atoms with Crippen molar-refractivity contribution in [1.82, 2.24) is 0 Å². The van der Waals surface area contributed by atoms with Gasteiger partial charge >= 0.3 is 0 Å². The second-order valence-corrected chi connectivity index (χ2v) is 7.47. The van der Waals surface area contributed by atoms with E-state index in [9.17, 15) is 13.2 Å². The number of amides is 1. The van der Waals surface area contributed by atoms with Gasteiger partial charge in [0.1, 0.15) is 5.75 Å². The number of anilines is 1. The summed E-state index contributed by atoms with van der Waals surface area (Å²) in [7, 11) is -3.83. The lowest BCUT2D eigenvalue weighted by Gasteiger charge is -2.11. The molecule has 0 radical (unpaired) electrons. The fraction of sp³-hybridized carbons (Fsp3) is 0.278. The van der Waals surface area contributed by atoms with Crippen molar-refractivity contribution < 1.29 is 17.9 Å². The van der Waals surface area contributed by atoms with Gasteiger partial charge < -0.3 is 10.1 Å². The van der Waals surface area contributed by atoms with E-state index in [1.807, 2.05) is 32.0 Å². The van der Waals surface area contributed by atoms with Gasteiger partial charge in [-0.3, -0.25) is 4.79 Å². The zero-order valence-electron chi connectivity index (χ0n) is 14.5. The van der Waals surface area contributed by atoms with Crippen LogP contribution in [0.15, 0.2) is 41.3 Å². The Kier molecular flexibility index (Phi) is 5.81. The summed E-state index contributed by atoms with van der Waals surface area (Å²) in [5, 5.41) is 7.82. The maximum absolute atomic E-state index is 12.0. The van der Waals surface area contributed by atoms with Gasteiger partial charge in [-0.1, -0.05) is 23.8 Å². The summed E-state index contributed by atoms with van der Waals surface area (Å²) >= 11 is 0. The first-order chi connectivity index (χ1) is 11.7. The number of hydrogen-bond donors (Lipinski definition) is 2. The molecule has 25 heavy (non-hydrogen) atoms. The number of primary sulfonamides is 1. The van der Waals surface area contributed by atoms with Crippen molar-refractivity contribution in [2.45, 2.75) is 32.1 Å². The summed E-state index contributed by atoms with van der Waals surface area (Å²) in [6, 6.07) is 10.4. The number of nitrogens with two attached hydrogens (primary N) is 1. The molecule has 3 N–H and O–H groups in total. The molecule has 1 amide bonds. The van der Waals surface area contributed by atoms with Crippen molar-refractivity contribution in [3.63, 3.8) is 0 Å². The van der Waals surface area contributed by atoms with E-state index in [0.29, 0.717) is 11.3 Å². The third-order valence-electron chi connectivity index (χ3n) is 3.70. The third-order valence-corrected chi connectivity index (χ3v) is 4.75. The third kappa shape index (κ3) is 5.30. The Morgan fingerprint density at radius 1 is 1.08 bits per heavy atom. The first-order valence-corrected chi connectivity index (χ1v) is 9.35. The van der Waals surface area contributed by atoms with E-state index in [0.717, 1.165) is 16.9 Å². The van der Waals surface area contributed by atoms with Gasteiger partial charge in [-0.15, -0.1) is 0 Å². The molecule has 0 saturated heterocycles. The predicted molar refractivity (Wildman–Crippen MR) is 97.2 cm³/mol. The van der Waals surface area contributed by atoms with Crippen molar-refractivity contribution in [2.24, 2.45) is 5.14 Å². The van der Waals surface area contributed by atoms with Crippen LogP contribution >= 0.6 is 0 Å². The molecule has 0 aromatic heterocycles. The molecule has 7 heteroatoms. The first-order valence-electron chi connectivity index (χ1n) is 7.80. The van der Waals surface area contributed by atoms with Crippen LogP contribution in [-0.2, 0) is 14.8 Å². The number of aryl methyl sites for hydroxylation is 3. The van der Waals surface area contributed by atoms with E-state index in [-0.39, 0.29) is 23.8 Å². The minimum Gasteiger partial charge on any atom is -0.493 e. The smallest absolute Gasteiger partial charge is 0.238 e. The second-order valence-electron chi connectivity index (χ2n) is 5.94. The molecule has 0 saturated carbocycles. The van der Waals surface area contributed by atoms with Gasteiger partial charge in [0.15, 0.2) is 0 Å². The van der Waals surface area contributed by atoms with E-state index in [4.69, 9.17) is 9.88 Å². The fourth-order valence-electron chi connectivity index (χ4n) is 2.42. The molecule has 0 bridgehead atoms. The minimum atomic E-state index is -3.83. The molecular formula is C18H22N2O4S. The number of ether oxygens (including phenoxy) is 1. The zero-order valence-corrected chi connectivity index (χ0v) is 15.3. The predicted octanol–water partition coefficient (Wildman–Crippen LogP) is 2.67. The summed E-state index contributed by atoms with van der Waals surface area (Å²) in [5.41, 5.74) is 3.06. The van der Waals surface area contributed by atoms with Crippen molar-refractivity contribution in [2.75, 3.05) is 11.9 Å². The number of hydrogen-bond acceptors (Lipinski definition) is 4. The Balaban J connectivity index is 1.94. The number of benzene rings is 2. The van der Waals surface area contributed by atoms with Crippen LogP contribution in [0.3, 0.4) is 0 Å². The highest BCUT2D eigenvalue weighted by Crippen LogP contribution is 2.20. The topological polar surface area (TPSA) is 98.5 Å². The van der Waals surface area contributed by atoms with Gasteiger partial charge in [0.05, 0.1) is 17.9 Å². The first kappa shape index (κ1) is 19.0. The monoisotopic (exact) mass is 362 g/mol. The molecule has 2 aromatic rings. The quantitative estimate of drug-likeness (QED) is 0.825. The standard InChI is InChI=1S/C18H22N2O4S/c1-12-4-7-16(14(3)10-12)24-9-8-18(21)20-15-6-5-13(2)17(11-15)25(19,22)23/h4-7,10-11H,8-9H2,1-3H3,(H,20,21)(H2,19,22,23). The zero-order chi connectivity index (χ0) is 18.6. The van der Waals surface area contributed by atoms with Gasteiger partial charge in [0.25, 0.3) is 0 Å². The van der Waals surface area contributed by atoms with Crippen LogP contribution in [0.2, 0.25) is 0 Å². The van der Waals surface area contributed by atoms with E-state index in [1.165, 1.54) is 6.07 Å². The highest BCUT2D eigenvalue weighted by Gasteiger charge is 2.13. The molecular weight excluding hydrogens is 340 g/mol. The van der Waals surface area contributed by atoms with Crippen molar-refractivity contribution in [3.05, 3.63) is 53.1 Å². The molecule has 2 rings (SSSR count). The molecule has 2 aromatic carbocycles. The summed E-state index contributed by atoms with van der Waals surface area (Å²) in [6.45, 7) is 5.82. The highest BCUT2D eigenvalue weighted by atomic mass is 32.2. The molecule has 134 valence electrons. The number of rotatable bonds is 6. The normalized spacial score (nSPS) is 11.2. The van der Waals surface area contributed by atoms with E-state index in [1.54, 1.807) is 19.1 Å². The average Bonchev–Trinajstić information content (AvgIpc) is 2.50. The maximum Gasteiger partial charge on any atom is 0.238 e. The van der Waals surface area contributed by atoms with Crippen LogP contribution in [0.5, 0.6) is 5.75 Å². The van der Waals surface area contributed by atoms with Gasteiger partial charge in [0.2, 0.25) is 15.9 Å². The lowest BCUT2D eigenvalue weighted by atomic mass is 10.1. The Hall–Kier alpha value is -2.38. The number of carbonyl (C=O) groups is 1. The van der Waals surface area contributed by atoms with Crippen LogP contribution in [0.1, 0.15) is 23.1 Å². The number of carbonyl (C=O) groups excluding carboxylic acids is 1. The summed E-state index contributed by atoms with van der Waals surface area (Å²) in [6.07, 6.45) is 0.145. The molecule has 0 aliphatic rings. The SMILES string of the molecule is Cc1ccc(OCCC(=O)Nc2ccc(C)c(S(N)(=O)=O)c2)c(C)c1. The Labute approximate surface area is 148 Å². The second kappa shape index (κ2) is 7.67. The maximum atomic E-state index is 12.0. The van der Waals surface area contributed by atoms with E-state index >= 15 is 0 Å². The Morgan fingerprint density at radius 2 is 1.80 bits per heavy atom. The molecule has 0 unspecified atom stereocenters. The van der Waals surface area contributed by atoms with Crippen LogP contribution < -0.4 is 15.2 Å². The number of sulfonamides is 1. The van der Waals surface area contributed by atoms with Gasteiger partial charge in [-0.2, -0.15) is 0 Å². The highest BCUT2D eigenvalue weighted by molar-refractivity contribution is 7.89. The van der Waals surface area contributed by atoms with Crippen LogP contribution in [-0.4, -0.2) is 20.9 Å². The van der Waals surface area contributed by atoms with Gasteiger partial charge in [-0.05, 0) is 50.1 Å². The largest absolute Gasteiger partial charge is 0.493 e. The number of nitrogens with one attached hydrogen (secondary N) is 1. The molecule has 0 atom stereocenters. The van der Waals surface area contributed by atoms with Crippen molar-refractivity contribution in [3.8, 4) is 5.75 Å². The van der Waals surface area contributed by atoms with Crippen molar-refractivity contribution >= 4 is 21.6 Å². The lowest BCUT2D eigenvalue weighted by Crippen LogP contribution is -2.17. The molecule has 0 spiro atoms.